The number of nitrogens with one attached hydrogen (secondary N) is 3. The van der Waals surface area contributed by atoms with Gasteiger partial charge in [-0.1, -0.05) is 30.3 Å². The summed E-state index contributed by atoms with van der Waals surface area (Å²) in [7, 11) is 0. The number of amidine groups is 1. The molecule has 26 heavy (non-hydrogen) atoms. The first-order chi connectivity index (χ1) is 12.6. The zero-order valence-corrected chi connectivity index (χ0v) is 14.2. The van der Waals surface area contributed by atoms with Crippen molar-refractivity contribution in [1.29, 1.82) is 0 Å². The number of aliphatic imine (C=N–C) groups is 1. The van der Waals surface area contributed by atoms with E-state index in [1.165, 1.54) is 6.26 Å². The quantitative estimate of drug-likeness (QED) is 0.535. The van der Waals surface area contributed by atoms with E-state index in [-0.39, 0.29) is 12.3 Å². The van der Waals surface area contributed by atoms with Gasteiger partial charge < -0.3 is 4.42 Å². The summed E-state index contributed by atoms with van der Waals surface area (Å²) in [6.07, 6.45) is 1.97. The highest BCUT2D eigenvalue weighted by molar-refractivity contribution is 5.98. The van der Waals surface area contributed by atoms with Crippen LogP contribution in [0, 0.1) is 0 Å². The van der Waals surface area contributed by atoms with Crippen molar-refractivity contribution in [3.05, 3.63) is 60.1 Å². The van der Waals surface area contributed by atoms with Crippen LogP contribution in [0.4, 0.5) is 0 Å². The van der Waals surface area contributed by atoms with Crippen LogP contribution in [0.3, 0.4) is 0 Å². The molecule has 1 aliphatic rings. The molecule has 134 valence electrons. The molecule has 0 saturated carbocycles. The number of hydrazine groups is 1. The minimum absolute atomic E-state index is 0.0965. The van der Waals surface area contributed by atoms with Crippen molar-refractivity contribution in [2.75, 3.05) is 0 Å². The van der Waals surface area contributed by atoms with Crippen LogP contribution in [-0.2, 0) is 16.0 Å². The highest BCUT2D eigenvalue weighted by Gasteiger charge is 2.25. The molecular weight excluding hydrogens is 334 g/mol. The van der Waals surface area contributed by atoms with E-state index in [1.807, 2.05) is 30.3 Å². The normalized spacial score (nSPS) is 17.1. The molecule has 3 rings (SSSR count). The van der Waals surface area contributed by atoms with Gasteiger partial charge >= 0.3 is 0 Å². The Balaban J connectivity index is 1.60. The van der Waals surface area contributed by atoms with Gasteiger partial charge in [-0.15, -0.1) is 0 Å². The molecule has 0 spiro atoms. The van der Waals surface area contributed by atoms with Gasteiger partial charge in [0.05, 0.1) is 12.7 Å². The van der Waals surface area contributed by atoms with E-state index >= 15 is 0 Å². The molecule has 8 heteroatoms. The molecule has 0 saturated heterocycles. The van der Waals surface area contributed by atoms with Crippen LogP contribution in [-0.4, -0.2) is 29.4 Å². The summed E-state index contributed by atoms with van der Waals surface area (Å²) >= 11 is 0. The van der Waals surface area contributed by atoms with E-state index in [0.717, 1.165) is 5.56 Å². The standard InChI is InChI=1S/C18H19N5O3/c1-12(15-8-5-9-26-15)20-22-17(24)11-14-18(25)23-21-16(19-14)10-13-6-3-2-4-7-13/h2-9,14H,10-11H2,1H3,(H,19,21)(H,22,24)(H,23,25)/b20-12-. The number of nitrogens with zero attached hydrogens (tertiary/aromatic N) is 2. The van der Waals surface area contributed by atoms with Crippen molar-refractivity contribution in [3.8, 4) is 0 Å². The van der Waals surface area contributed by atoms with E-state index in [4.69, 9.17) is 4.42 Å². The summed E-state index contributed by atoms with van der Waals surface area (Å²) in [6, 6.07) is 12.4. The highest BCUT2D eigenvalue weighted by Crippen LogP contribution is 2.07. The third-order valence-electron chi connectivity index (χ3n) is 3.76. The molecule has 1 aromatic heterocycles. The molecule has 2 aromatic rings. The number of furan rings is 1. The van der Waals surface area contributed by atoms with Gasteiger partial charge in [0.2, 0.25) is 5.91 Å². The molecule has 2 amide bonds. The predicted octanol–water partition coefficient (Wildman–Crippen LogP) is 1.15. The van der Waals surface area contributed by atoms with Gasteiger partial charge in [0, 0.05) is 6.42 Å². The van der Waals surface area contributed by atoms with Crippen molar-refractivity contribution >= 4 is 23.4 Å². The Bertz CT molecular complexity index is 828. The van der Waals surface area contributed by atoms with Crippen molar-refractivity contribution in [1.82, 2.24) is 16.3 Å². The Labute approximate surface area is 150 Å². The molecule has 1 aliphatic heterocycles. The van der Waals surface area contributed by atoms with Crippen molar-refractivity contribution in [2.45, 2.75) is 25.8 Å². The van der Waals surface area contributed by atoms with E-state index < -0.39 is 11.9 Å². The van der Waals surface area contributed by atoms with Crippen LogP contribution in [0.25, 0.3) is 0 Å². The first-order valence-electron chi connectivity index (χ1n) is 8.15. The first-order valence-corrected chi connectivity index (χ1v) is 8.15. The van der Waals surface area contributed by atoms with Gasteiger partial charge in [0.1, 0.15) is 23.3 Å². The second kappa shape index (κ2) is 8.11. The summed E-state index contributed by atoms with van der Waals surface area (Å²) < 4.78 is 5.19. The maximum absolute atomic E-state index is 12.1. The topological polar surface area (TPSA) is 108 Å². The molecule has 0 bridgehead atoms. The molecule has 1 unspecified atom stereocenters. The SMILES string of the molecule is C/C(=N/NC(=O)CC1N=C(Cc2ccccc2)NNC1=O)c1ccco1. The van der Waals surface area contributed by atoms with Crippen molar-refractivity contribution in [3.63, 3.8) is 0 Å². The summed E-state index contributed by atoms with van der Waals surface area (Å²) in [5.41, 5.74) is 9.32. The van der Waals surface area contributed by atoms with E-state index in [0.29, 0.717) is 23.7 Å². The average molecular weight is 353 g/mol. The fourth-order valence-electron chi connectivity index (χ4n) is 2.42. The zero-order chi connectivity index (χ0) is 18.4. The molecule has 0 fully saturated rings. The Morgan fingerprint density at radius 1 is 1.23 bits per heavy atom. The maximum atomic E-state index is 12.1. The molecule has 1 atom stereocenters. The Hall–Kier alpha value is -3.42. The van der Waals surface area contributed by atoms with Gasteiger partial charge in [-0.3, -0.25) is 25.4 Å². The van der Waals surface area contributed by atoms with Gasteiger partial charge in [-0.25, -0.2) is 5.43 Å². The highest BCUT2D eigenvalue weighted by atomic mass is 16.3. The smallest absolute Gasteiger partial charge is 0.263 e. The number of benzene rings is 1. The summed E-state index contributed by atoms with van der Waals surface area (Å²) in [5, 5.41) is 3.97. The number of carbonyl (C=O) groups is 2. The molecule has 1 aromatic carbocycles. The van der Waals surface area contributed by atoms with Gasteiger partial charge in [0.15, 0.2) is 0 Å². The maximum Gasteiger partial charge on any atom is 0.263 e. The number of rotatable bonds is 6. The lowest BCUT2D eigenvalue weighted by atomic mass is 10.1. The van der Waals surface area contributed by atoms with Gasteiger partial charge in [0.25, 0.3) is 5.91 Å². The third-order valence-corrected chi connectivity index (χ3v) is 3.76. The van der Waals surface area contributed by atoms with E-state index in [1.54, 1.807) is 19.1 Å². The Morgan fingerprint density at radius 2 is 2.04 bits per heavy atom. The van der Waals surface area contributed by atoms with Gasteiger partial charge in [-0.2, -0.15) is 5.10 Å². The minimum Gasteiger partial charge on any atom is -0.463 e. The fourth-order valence-corrected chi connectivity index (χ4v) is 2.42. The first kappa shape index (κ1) is 17.4. The number of hydrogen-bond donors (Lipinski definition) is 3. The zero-order valence-electron chi connectivity index (χ0n) is 14.2. The van der Waals surface area contributed by atoms with Gasteiger partial charge in [-0.05, 0) is 24.6 Å². The molecule has 0 aliphatic carbocycles. The number of hydrazone groups is 1. The second-order valence-electron chi connectivity index (χ2n) is 5.78. The number of hydrogen-bond acceptors (Lipinski definition) is 6. The Morgan fingerprint density at radius 3 is 2.77 bits per heavy atom. The lowest BCUT2D eigenvalue weighted by Gasteiger charge is -2.21. The van der Waals surface area contributed by atoms with Crippen molar-refractivity contribution < 1.29 is 14.0 Å². The fraction of sp³-hybridized carbons (Fsp3) is 0.222. The van der Waals surface area contributed by atoms with Crippen LogP contribution in [0.2, 0.25) is 0 Å². The predicted molar refractivity (Wildman–Crippen MR) is 96.3 cm³/mol. The average Bonchev–Trinajstić information content (AvgIpc) is 3.18. The number of carbonyl (C=O) groups excluding carboxylic acids is 2. The van der Waals surface area contributed by atoms with Crippen LogP contribution in [0.15, 0.2) is 63.2 Å². The monoisotopic (exact) mass is 353 g/mol. The van der Waals surface area contributed by atoms with Crippen LogP contribution >= 0.6 is 0 Å². The summed E-state index contributed by atoms with van der Waals surface area (Å²) in [5.74, 6) is 0.404. The molecule has 8 nitrogen and oxygen atoms in total. The molecule has 2 heterocycles. The molecule has 0 radical (unpaired) electrons. The lowest BCUT2D eigenvalue weighted by Crippen LogP contribution is -2.52. The Kier molecular flexibility index (Phi) is 5.43. The van der Waals surface area contributed by atoms with E-state index in [2.05, 4.69) is 26.4 Å². The van der Waals surface area contributed by atoms with Crippen molar-refractivity contribution in [2.24, 2.45) is 10.1 Å². The van der Waals surface area contributed by atoms with Crippen LogP contribution in [0.5, 0.6) is 0 Å². The number of amides is 2. The summed E-state index contributed by atoms with van der Waals surface area (Å²) in [4.78, 5) is 28.4. The lowest BCUT2D eigenvalue weighted by molar-refractivity contribution is -0.128. The van der Waals surface area contributed by atoms with E-state index in [9.17, 15) is 9.59 Å². The second-order valence-corrected chi connectivity index (χ2v) is 5.78. The largest absolute Gasteiger partial charge is 0.463 e. The van der Waals surface area contributed by atoms with Crippen LogP contribution in [0.1, 0.15) is 24.7 Å². The van der Waals surface area contributed by atoms with Crippen LogP contribution < -0.4 is 16.3 Å². The third kappa shape index (κ3) is 4.56. The summed E-state index contributed by atoms with van der Waals surface area (Å²) in [6.45, 7) is 1.71. The molecule has 3 N–H and O–H groups in total. The molecular formula is C18H19N5O3. The minimum atomic E-state index is -0.797.